The van der Waals surface area contributed by atoms with Crippen molar-refractivity contribution in [2.75, 3.05) is 6.61 Å². The van der Waals surface area contributed by atoms with Crippen LogP contribution in [0.15, 0.2) is 29.2 Å². The number of hydrogen-bond acceptors (Lipinski definition) is 6. The first kappa shape index (κ1) is 17.7. The first-order valence-electron chi connectivity index (χ1n) is 7.32. The zero-order valence-corrected chi connectivity index (χ0v) is 13.8. The Bertz CT molecular complexity index is 500. The van der Waals surface area contributed by atoms with Crippen molar-refractivity contribution in [3.8, 4) is 0 Å². The van der Waals surface area contributed by atoms with E-state index in [1.54, 1.807) is 0 Å². The van der Waals surface area contributed by atoms with E-state index in [1.165, 1.54) is 11.8 Å². The molecule has 0 aromatic heterocycles. The molecule has 0 amide bonds. The van der Waals surface area contributed by atoms with Crippen molar-refractivity contribution in [3.05, 3.63) is 29.8 Å². The van der Waals surface area contributed by atoms with Crippen LogP contribution in [0.3, 0.4) is 0 Å². The molecule has 22 heavy (non-hydrogen) atoms. The van der Waals surface area contributed by atoms with Crippen LogP contribution in [0.2, 0.25) is 0 Å². The standard InChI is InChI=1S/C16H24O5S/c1-16(2,3)9-5-4-6-10(7-9)22-15-14(20)13(19)12(18)11(8-17)21-15/h4-7,11-15,17-20H,8H2,1-3H3. The monoisotopic (exact) mass is 328 g/mol. The van der Waals surface area contributed by atoms with Gasteiger partial charge in [0.15, 0.2) is 0 Å². The molecule has 1 aliphatic heterocycles. The Hall–Kier alpha value is -0.630. The molecule has 5 atom stereocenters. The van der Waals surface area contributed by atoms with Crippen molar-refractivity contribution in [1.29, 1.82) is 0 Å². The Labute approximate surface area is 134 Å². The number of ether oxygens (including phenoxy) is 1. The van der Waals surface area contributed by atoms with Crippen LogP contribution < -0.4 is 0 Å². The van der Waals surface area contributed by atoms with Gasteiger partial charge in [-0.25, -0.2) is 0 Å². The highest BCUT2D eigenvalue weighted by Gasteiger charge is 2.43. The summed E-state index contributed by atoms with van der Waals surface area (Å²) in [5.74, 6) is 0. The Morgan fingerprint density at radius 3 is 2.36 bits per heavy atom. The summed E-state index contributed by atoms with van der Waals surface area (Å²) in [7, 11) is 0. The molecule has 1 saturated heterocycles. The molecule has 1 fully saturated rings. The van der Waals surface area contributed by atoms with Crippen molar-refractivity contribution < 1.29 is 25.2 Å². The molecule has 0 spiro atoms. The van der Waals surface area contributed by atoms with E-state index in [-0.39, 0.29) is 5.41 Å². The van der Waals surface area contributed by atoms with E-state index >= 15 is 0 Å². The smallest absolute Gasteiger partial charge is 0.136 e. The van der Waals surface area contributed by atoms with Gasteiger partial charge in [-0.2, -0.15) is 0 Å². The molecule has 1 aliphatic rings. The molecule has 0 saturated carbocycles. The van der Waals surface area contributed by atoms with Gasteiger partial charge in [0.05, 0.1) is 6.61 Å². The van der Waals surface area contributed by atoms with Gasteiger partial charge in [-0.3, -0.25) is 0 Å². The number of hydrogen-bond donors (Lipinski definition) is 4. The Morgan fingerprint density at radius 2 is 1.77 bits per heavy atom. The predicted octanol–water partition coefficient (Wildman–Crippen LogP) is 0.876. The lowest BCUT2D eigenvalue weighted by Crippen LogP contribution is -2.57. The van der Waals surface area contributed by atoms with Gasteiger partial charge in [0.1, 0.15) is 29.9 Å². The summed E-state index contributed by atoms with van der Waals surface area (Å²) in [4.78, 5) is 0.900. The highest BCUT2D eigenvalue weighted by atomic mass is 32.2. The molecule has 2 rings (SSSR count). The number of rotatable bonds is 3. The maximum absolute atomic E-state index is 10.1. The zero-order chi connectivity index (χ0) is 16.5. The molecule has 4 N–H and O–H groups in total. The maximum atomic E-state index is 10.1. The lowest BCUT2D eigenvalue weighted by molar-refractivity contribution is -0.205. The van der Waals surface area contributed by atoms with Gasteiger partial charge in [-0.15, -0.1) is 0 Å². The van der Waals surface area contributed by atoms with E-state index in [2.05, 4.69) is 20.8 Å². The molecular formula is C16H24O5S. The fraction of sp³-hybridized carbons (Fsp3) is 0.625. The van der Waals surface area contributed by atoms with Gasteiger partial charge >= 0.3 is 0 Å². The van der Waals surface area contributed by atoms with E-state index in [1.807, 2.05) is 24.3 Å². The van der Waals surface area contributed by atoms with E-state index < -0.39 is 36.5 Å². The van der Waals surface area contributed by atoms with Crippen LogP contribution in [0.4, 0.5) is 0 Å². The number of aliphatic hydroxyl groups is 4. The van der Waals surface area contributed by atoms with Crippen molar-refractivity contribution in [3.63, 3.8) is 0 Å². The zero-order valence-electron chi connectivity index (χ0n) is 13.0. The van der Waals surface area contributed by atoms with Crippen molar-refractivity contribution >= 4 is 11.8 Å². The molecule has 0 bridgehead atoms. The lowest BCUT2D eigenvalue weighted by atomic mass is 9.87. The second-order valence-corrected chi connectivity index (χ2v) is 7.76. The molecule has 1 aromatic rings. The minimum Gasteiger partial charge on any atom is -0.394 e. The summed E-state index contributed by atoms with van der Waals surface area (Å²) >= 11 is 1.27. The molecule has 0 aliphatic carbocycles. The number of aliphatic hydroxyl groups excluding tert-OH is 4. The van der Waals surface area contributed by atoms with Crippen molar-refractivity contribution in [2.24, 2.45) is 0 Å². The van der Waals surface area contributed by atoms with Crippen molar-refractivity contribution in [2.45, 2.75) is 60.9 Å². The normalized spacial score (nSPS) is 33.0. The van der Waals surface area contributed by atoms with Crippen LogP contribution in [0.1, 0.15) is 26.3 Å². The van der Waals surface area contributed by atoms with Gasteiger partial charge < -0.3 is 25.2 Å². The Balaban J connectivity index is 2.16. The molecule has 5 nitrogen and oxygen atoms in total. The van der Waals surface area contributed by atoms with Crippen LogP contribution in [-0.4, -0.2) is 56.9 Å². The summed E-state index contributed by atoms with van der Waals surface area (Å²) < 4.78 is 5.51. The van der Waals surface area contributed by atoms with Crippen LogP contribution >= 0.6 is 11.8 Å². The third kappa shape index (κ3) is 3.82. The predicted molar refractivity (Wildman–Crippen MR) is 84.8 cm³/mol. The van der Waals surface area contributed by atoms with Gasteiger partial charge in [-0.05, 0) is 23.1 Å². The van der Waals surface area contributed by atoms with Gasteiger partial charge in [0.2, 0.25) is 0 Å². The average Bonchev–Trinajstić information content (AvgIpc) is 2.47. The molecule has 124 valence electrons. The summed E-state index contributed by atoms with van der Waals surface area (Å²) in [6.07, 6.45) is -4.75. The first-order chi connectivity index (χ1) is 10.2. The topological polar surface area (TPSA) is 90.2 Å². The minimum atomic E-state index is -1.34. The molecule has 1 aromatic carbocycles. The van der Waals surface area contributed by atoms with Crippen LogP contribution in [-0.2, 0) is 10.2 Å². The van der Waals surface area contributed by atoms with Gasteiger partial charge in [0, 0.05) is 4.90 Å². The molecule has 1 heterocycles. The maximum Gasteiger partial charge on any atom is 0.136 e. The average molecular weight is 328 g/mol. The molecule has 5 unspecified atom stereocenters. The SMILES string of the molecule is CC(C)(C)c1cccc(SC2OC(CO)C(O)C(O)C2O)c1. The third-order valence-corrected chi connectivity index (χ3v) is 4.95. The third-order valence-electron chi connectivity index (χ3n) is 3.80. The Morgan fingerprint density at radius 1 is 1.09 bits per heavy atom. The summed E-state index contributed by atoms with van der Waals surface area (Å²) in [5, 5.41) is 38.9. The van der Waals surface area contributed by atoms with E-state index in [0.29, 0.717) is 0 Å². The summed E-state index contributed by atoms with van der Waals surface area (Å²) in [5.41, 5.74) is 0.416. The number of thioether (sulfide) groups is 1. The van der Waals surface area contributed by atoms with Gasteiger partial charge in [-0.1, -0.05) is 44.7 Å². The van der Waals surface area contributed by atoms with Crippen LogP contribution in [0.25, 0.3) is 0 Å². The summed E-state index contributed by atoms with van der Waals surface area (Å²) in [6.45, 7) is 5.93. The summed E-state index contributed by atoms with van der Waals surface area (Å²) in [6, 6.07) is 7.90. The van der Waals surface area contributed by atoms with Gasteiger partial charge in [0.25, 0.3) is 0 Å². The fourth-order valence-electron chi connectivity index (χ4n) is 2.33. The van der Waals surface area contributed by atoms with E-state index in [9.17, 15) is 20.4 Å². The fourth-order valence-corrected chi connectivity index (χ4v) is 3.45. The van der Waals surface area contributed by atoms with Crippen LogP contribution in [0, 0.1) is 0 Å². The Kier molecular flexibility index (Phi) is 5.53. The molecule has 6 heteroatoms. The molecular weight excluding hydrogens is 304 g/mol. The molecule has 0 radical (unpaired) electrons. The quantitative estimate of drug-likeness (QED) is 0.658. The highest BCUT2D eigenvalue weighted by molar-refractivity contribution is 7.99. The van der Waals surface area contributed by atoms with Crippen LogP contribution in [0.5, 0.6) is 0 Å². The highest BCUT2D eigenvalue weighted by Crippen LogP contribution is 2.35. The van der Waals surface area contributed by atoms with Crippen molar-refractivity contribution in [1.82, 2.24) is 0 Å². The van der Waals surface area contributed by atoms with E-state index in [4.69, 9.17) is 4.74 Å². The largest absolute Gasteiger partial charge is 0.394 e. The lowest BCUT2D eigenvalue weighted by Gasteiger charge is -2.39. The second kappa shape index (κ2) is 6.86. The minimum absolute atomic E-state index is 0.00590. The first-order valence-corrected chi connectivity index (χ1v) is 8.19. The number of benzene rings is 1. The second-order valence-electron chi connectivity index (χ2n) is 6.59. The van der Waals surface area contributed by atoms with E-state index in [0.717, 1.165) is 10.5 Å².